The van der Waals surface area contributed by atoms with Crippen LogP contribution in [0.2, 0.25) is 0 Å². The summed E-state index contributed by atoms with van der Waals surface area (Å²) in [7, 11) is 0. The largest absolute Gasteiger partial charge is 0.466 e. The van der Waals surface area contributed by atoms with E-state index in [1.807, 2.05) is 0 Å². The molecule has 1 aromatic heterocycles. The SMILES string of the molecule is CCOC(=O)CC=Cc1ccncc1F. The summed E-state index contributed by atoms with van der Waals surface area (Å²) in [6, 6.07) is 1.54. The summed E-state index contributed by atoms with van der Waals surface area (Å²) >= 11 is 0. The minimum Gasteiger partial charge on any atom is -0.466 e. The number of hydrogen-bond donors (Lipinski definition) is 0. The van der Waals surface area contributed by atoms with Gasteiger partial charge < -0.3 is 4.74 Å². The van der Waals surface area contributed by atoms with Crippen LogP contribution < -0.4 is 0 Å². The van der Waals surface area contributed by atoms with Gasteiger partial charge in [-0.05, 0) is 13.0 Å². The van der Waals surface area contributed by atoms with Gasteiger partial charge in [-0.3, -0.25) is 9.78 Å². The second kappa shape index (κ2) is 5.90. The minimum atomic E-state index is -0.405. The molecule has 0 amide bonds. The van der Waals surface area contributed by atoms with E-state index in [4.69, 9.17) is 4.74 Å². The van der Waals surface area contributed by atoms with E-state index in [2.05, 4.69) is 4.98 Å². The maximum atomic E-state index is 13.0. The first kappa shape index (κ1) is 11.4. The molecule has 80 valence electrons. The molecular formula is C11H12FNO2. The number of carbonyl (C=O) groups excluding carboxylic acids is 1. The molecule has 15 heavy (non-hydrogen) atoms. The van der Waals surface area contributed by atoms with Gasteiger partial charge >= 0.3 is 5.97 Å². The van der Waals surface area contributed by atoms with E-state index in [-0.39, 0.29) is 12.4 Å². The van der Waals surface area contributed by atoms with Gasteiger partial charge in [-0.1, -0.05) is 12.2 Å². The predicted octanol–water partition coefficient (Wildman–Crippen LogP) is 2.19. The van der Waals surface area contributed by atoms with Gasteiger partial charge in [0, 0.05) is 11.8 Å². The number of hydrogen-bond acceptors (Lipinski definition) is 3. The summed E-state index contributed by atoms with van der Waals surface area (Å²) in [6.07, 6.45) is 5.87. The molecule has 4 heteroatoms. The van der Waals surface area contributed by atoms with Gasteiger partial charge in [-0.25, -0.2) is 4.39 Å². The lowest BCUT2D eigenvalue weighted by molar-refractivity contribution is -0.142. The first-order valence-corrected chi connectivity index (χ1v) is 4.65. The van der Waals surface area contributed by atoms with Crippen molar-refractivity contribution in [3.63, 3.8) is 0 Å². The highest BCUT2D eigenvalue weighted by atomic mass is 19.1. The van der Waals surface area contributed by atoms with Gasteiger partial charge in [0.15, 0.2) is 0 Å². The van der Waals surface area contributed by atoms with Gasteiger partial charge in [0.25, 0.3) is 0 Å². The molecule has 0 aliphatic heterocycles. The van der Waals surface area contributed by atoms with Crippen LogP contribution in [0, 0.1) is 5.82 Å². The van der Waals surface area contributed by atoms with Gasteiger partial charge in [-0.15, -0.1) is 0 Å². The van der Waals surface area contributed by atoms with Gasteiger partial charge in [0.05, 0.1) is 19.2 Å². The summed E-state index contributed by atoms with van der Waals surface area (Å²) in [5, 5.41) is 0. The predicted molar refractivity (Wildman–Crippen MR) is 54.5 cm³/mol. The van der Waals surface area contributed by atoms with Crippen LogP contribution in [0.4, 0.5) is 4.39 Å². The molecular weight excluding hydrogens is 197 g/mol. The molecule has 0 fully saturated rings. The second-order valence-corrected chi connectivity index (χ2v) is 2.81. The van der Waals surface area contributed by atoms with Gasteiger partial charge in [0.2, 0.25) is 0 Å². The average Bonchev–Trinajstić information content (AvgIpc) is 2.21. The van der Waals surface area contributed by atoms with Crippen molar-refractivity contribution in [2.24, 2.45) is 0 Å². The van der Waals surface area contributed by atoms with Gasteiger partial charge in [0.1, 0.15) is 5.82 Å². The molecule has 1 rings (SSSR count). The summed E-state index contributed by atoms with van der Waals surface area (Å²) in [5.41, 5.74) is 0.411. The Bertz CT molecular complexity index is 363. The molecule has 0 bridgehead atoms. The van der Waals surface area contributed by atoms with Crippen LogP contribution in [-0.4, -0.2) is 17.6 Å². The van der Waals surface area contributed by atoms with E-state index in [1.54, 1.807) is 13.0 Å². The Morgan fingerprint density at radius 3 is 3.13 bits per heavy atom. The number of aromatic nitrogens is 1. The zero-order valence-electron chi connectivity index (χ0n) is 8.44. The highest BCUT2D eigenvalue weighted by Gasteiger charge is 1.98. The second-order valence-electron chi connectivity index (χ2n) is 2.81. The first-order chi connectivity index (χ1) is 7.24. The summed E-state index contributed by atoms with van der Waals surface area (Å²) in [4.78, 5) is 14.6. The fraction of sp³-hybridized carbons (Fsp3) is 0.273. The molecule has 0 atom stereocenters. The molecule has 0 N–H and O–H groups in total. The van der Waals surface area contributed by atoms with Crippen molar-refractivity contribution in [3.8, 4) is 0 Å². The standard InChI is InChI=1S/C11H12FNO2/c1-2-15-11(14)5-3-4-9-6-7-13-8-10(9)12/h3-4,6-8H,2,5H2,1H3. The number of ether oxygens (including phenoxy) is 1. The van der Waals surface area contributed by atoms with E-state index in [1.165, 1.54) is 18.3 Å². The fourth-order valence-corrected chi connectivity index (χ4v) is 1.02. The first-order valence-electron chi connectivity index (χ1n) is 4.65. The van der Waals surface area contributed by atoms with E-state index >= 15 is 0 Å². The normalized spacial score (nSPS) is 10.5. The molecule has 0 saturated heterocycles. The lowest BCUT2D eigenvalue weighted by Gasteiger charge is -1.97. The van der Waals surface area contributed by atoms with E-state index in [0.717, 1.165) is 6.20 Å². The zero-order chi connectivity index (χ0) is 11.1. The molecule has 0 aliphatic carbocycles. The van der Waals surface area contributed by atoms with E-state index < -0.39 is 5.82 Å². The molecule has 0 aliphatic rings. The number of nitrogens with zero attached hydrogens (tertiary/aromatic N) is 1. The average molecular weight is 209 g/mol. The topological polar surface area (TPSA) is 39.2 Å². The molecule has 3 nitrogen and oxygen atoms in total. The number of halogens is 1. The Kier molecular flexibility index (Phi) is 4.47. The summed E-state index contributed by atoms with van der Waals surface area (Å²) in [5.74, 6) is -0.721. The third-order valence-corrected chi connectivity index (χ3v) is 1.69. The van der Waals surface area contributed by atoms with Crippen LogP contribution in [0.15, 0.2) is 24.5 Å². The Hall–Kier alpha value is -1.71. The van der Waals surface area contributed by atoms with E-state index in [9.17, 15) is 9.18 Å². The number of carbonyl (C=O) groups is 1. The maximum absolute atomic E-state index is 13.0. The molecule has 0 saturated carbocycles. The lowest BCUT2D eigenvalue weighted by Crippen LogP contribution is -2.01. The van der Waals surface area contributed by atoms with E-state index in [0.29, 0.717) is 12.2 Å². The van der Waals surface area contributed by atoms with Crippen LogP contribution in [0.5, 0.6) is 0 Å². The van der Waals surface area contributed by atoms with Crippen molar-refractivity contribution in [1.29, 1.82) is 0 Å². The van der Waals surface area contributed by atoms with Crippen LogP contribution in [0.25, 0.3) is 6.08 Å². The summed E-state index contributed by atoms with van der Waals surface area (Å²) < 4.78 is 17.7. The fourth-order valence-electron chi connectivity index (χ4n) is 1.02. The molecule has 0 spiro atoms. The Morgan fingerprint density at radius 1 is 1.67 bits per heavy atom. The quantitative estimate of drug-likeness (QED) is 0.713. The lowest BCUT2D eigenvalue weighted by atomic mass is 10.2. The van der Waals surface area contributed by atoms with Crippen molar-refractivity contribution in [3.05, 3.63) is 35.9 Å². The Morgan fingerprint density at radius 2 is 2.47 bits per heavy atom. The van der Waals surface area contributed by atoms with Crippen LogP contribution in [0.3, 0.4) is 0 Å². The molecule has 0 radical (unpaired) electrons. The Balaban J connectivity index is 2.52. The van der Waals surface area contributed by atoms with Crippen LogP contribution in [-0.2, 0) is 9.53 Å². The van der Waals surface area contributed by atoms with Crippen molar-refractivity contribution >= 4 is 12.0 Å². The number of pyridine rings is 1. The van der Waals surface area contributed by atoms with Crippen molar-refractivity contribution in [1.82, 2.24) is 4.98 Å². The van der Waals surface area contributed by atoms with Crippen molar-refractivity contribution in [2.45, 2.75) is 13.3 Å². The monoisotopic (exact) mass is 209 g/mol. The third-order valence-electron chi connectivity index (χ3n) is 1.69. The van der Waals surface area contributed by atoms with Crippen LogP contribution >= 0.6 is 0 Å². The number of esters is 1. The van der Waals surface area contributed by atoms with Crippen LogP contribution in [0.1, 0.15) is 18.9 Å². The Labute approximate surface area is 87.6 Å². The van der Waals surface area contributed by atoms with Gasteiger partial charge in [-0.2, -0.15) is 0 Å². The minimum absolute atomic E-state index is 0.148. The molecule has 0 aromatic carbocycles. The highest BCUT2D eigenvalue weighted by molar-refractivity contribution is 5.72. The number of rotatable bonds is 4. The molecule has 1 heterocycles. The molecule has 1 aromatic rings. The molecule has 0 unspecified atom stereocenters. The maximum Gasteiger partial charge on any atom is 0.309 e. The zero-order valence-corrected chi connectivity index (χ0v) is 8.44. The van der Waals surface area contributed by atoms with Crippen molar-refractivity contribution < 1.29 is 13.9 Å². The summed E-state index contributed by atoms with van der Waals surface area (Å²) in [6.45, 7) is 2.10. The third kappa shape index (κ3) is 3.89. The smallest absolute Gasteiger partial charge is 0.309 e. The highest BCUT2D eigenvalue weighted by Crippen LogP contribution is 2.07. The van der Waals surface area contributed by atoms with Crippen molar-refractivity contribution in [2.75, 3.05) is 6.61 Å².